The van der Waals surface area contributed by atoms with E-state index in [4.69, 9.17) is 0 Å². The lowest BCUT2D eigenvalue weighted by atomic mass is 10.1. The zero-order chi connectivity index (χ0) is 14.4. The second kappa shape index (κ2) is 6.52. The molecule has 1 N–H and O–H groups in total. The third-order valence-electron chi connectivity index (χ3n) is 2.78. The first-order valence-corrected chi connectivity index (χ1v) is 6.19. The Kier molecular flexibility index (Phi) is 4.50. The van der Waals surface area contributed by atoms with Crippen LogP contribution in [0.15, 0.2) is 54.6 Å². The topological polar surface area (TPSA) is 59.4 Å². The molecule has 0 saturated heterocycles. The lowest BCUT2D eigenvalue weighted by Gasteiger charge is -2.03. The first-order valence-electron chi connectivity index (χ1n) is 6.19. The molecule has 0 aliphatic carbocycles. The van der Waals surface area contributed by atoms with Crippen LogP contribution in [0.4, 0.5) is 0 Å². The number of ether oxygens (including phenoxy) is 1. The minimum atomic E-state index is -0.525. The molecule has 0 bridgehead atoms. The number of aliphatic hydroxyl groups excluding tert-OH is 1. The van der Waals surface area contributed by atoms with Gasteiger partial charge in [0.1, 0.15) is 17.1 Å². The average molecular weight is 269 g/mol. The van der Waals surface area contributed by atoms with Gasteiger partial charge in [0.25, 0.3) is 0 Å². The number of carbonyl (C=O) groups is 1. The van der Waals surface area contributed by atoms with Gasteiger partial charge >= 0.3 is 5.97 Å². The lowest BCUT2D eigenvalue weighted by molar-refractivity contribution is 0.0594. The first-order chi connectivity index (χ1) is 9.70. The van der Waals surface area contributed by atoms with Gasteiger partial charge in [0.2, 0.25) is 0 Å². The average Bonchev–Trinajstić information content (AvgIpc) is 2.53. The van der Waals surface area contributed by atoms with Crippen LogP contribution in [-0.2, 0) is 11.2 Å². The van der Waals surface area contributed by atoms with E-state index in [1.54, 1.807) is 24.3 Å². The van der Waals surface area contributed by atoms with Crippen LogP contribution in [0.5, 0.6) is 0 Å². The molecular formula is C16H15NO3. The van der Waals surface area contributed by atoms with E-state index in [2.05, 4.69) is 9.72 Å². The predicted molar refractivity (Wildman–Crippen MR) is 76.3 cm³/mol. The number of hydrogen-bond acceptors (Lipinski definition) is 4. The van der Waals surface area contributed by atoms with Crippen molar-refractivity contribution in [1.82, 2.24) is 4.98 Å². The van der Waals surface area contributed by atoms with Gasteiger partial charge in [-0.1, -0.05) is 36.4 Å². The fraction of sp³-hybridized carbons (Fsp3) is 0.125. The predicted octanol–water partition coefficient (Wildman–Crippen LogP) is 3.01. The van der Waals surface area contributed by atoms with Crippen molar-refractivity contribution in [2.75, 3.05) is 7.11 Å². The molecule has 1 heterocycles. The Morgan fingerprint density at radius 2 is 1.85 bits per heavy atom. The number of nitrogens with zero attached hydrogens (tertiary/aromatic N) is 1. The van der Waals surface area contributed by atoms with Crippen LogP contribution in [0.3, 0.4) is 0 Å². The van der Waals surface area contributed by atoms with Crippen LogP contribution in [0.2, 0.25) is 0 Å². The first kappa shape index (κ1) is 13.8. The summed E-state index contributed by atoms with van der Waals surface area (Å²) in [5.41, 5.74) is 1.61. The Morgan fingerprint density at radius 3 is 2.55 bits per heavy atom. The molecule has 4 nitrogen and oxygen atoms in total. The fourth-order valence-electron chi connectivity index (χ4n) is 1.73. The van der Waals surface area contributed by atoms with Gasteiger partial charge in [0.15, 0.2) is 0 Å². The van der Waals surface area contributed by atoms with Crippen molar-refractivity contribution in [3.8, 4) is 0 Å². The van der Waals surface area contributed by atoms with E-state index in [0.717, 1.165) is 5.56 Å². The summed E-state index contributed by atoms with van der Waals surface area (Å²) in [6, 6.07) is 14.6. The van der Waals surface area contributed by atoms with Crippen LogP contribution >= 0.6 is 0 Å². The zero-order valence-corrected chi connectivity index (χ0v) is 11.1. The lowest BCUT2D eigenvalue weighted by Crippen LogP contribution is -2.05. The molecular weight excluding hydrogens is 254 g/mol. The molecule has 20 heavy (non-hydrogen) atoms. The number of benzene rings is 1. The third-order valence-corrected chi connectivity index (χ3v) is 2.78. The Morgan fingerprint density at radius 1 is 1.15 bits per heavy atom. The fourth-order valence-corrected chi connectivity index (χ4v) is 1.73. The Bertz CT molecular complexity index is 621. The van der Waals surface area contributed by atoms with Gasteiger partial charge in [-0.15, -0.1) is 0 Å². The number of rotatable bonds is 4. The van der Waals surface area contributed by atoms with Gasteiger partial charge in [-0.25, -0.2) is 9.78 Å². The SMILES string of the molecule is COC(=O)c1cccc(/C(O)=C/Cc2ccccc2)n1. The van der Waals surface area contributed by atoms with Gasteiger partial charge in [-0.3, -0.25) is 0 Å². The molecule has 0 saturated carbocycles. The Balaban J connectivity index is 2.16. The molecule has 0 spiro atoms. The number of pyridine rings is 1. The number of aliphatic hydroxyl groups is 1. The summed E-state index contributed by atoms with van der Waals surface area (Å²) in [6.07, 6.45) is 2.26. The van der Waals surface area contributed by atoms with Crippen molar-refractivity contribution < 1.29 is 14.6 Å². The summed E-state index contributed by atoms with van der Waals surface area (Å²) in [5, 5.41) is 10.0. The second-order valence-corrected chi connectivity index (χ2v) is 4.18. The molecule has 0 fully saturated rings. The maximum atomic E-state index is 11.4. The summed E-state index contributed by atoms with van der Waals surface area (Å²) in [4.78, 5) is 15.4. The highest BCUT2D eigenvalue weighted by Gasteiger charge is 2.09. The number of carbonyl (C=O) groups excluding carboxylic acids is 1. The summed E-state index contributed by atoms with van der Waals surface area (Å²) in [5.74, 6) is -0.484. The molecule has 2 aromatic rings. The molecule has 0 atom stereocenters. The van der Waals surface area contributed by atoms with Crippen LogP contribution in [0, 0.1) is 0 Å². The largest absolute Gasteiger partial charge is 0.506 e. The molecule has 2 rings (SSSR count). The smallest absolute Gasteiger partial charge is 0.356 e. The highest BCUT2D eigenvalue weighted by molar-refractivity contribution is 5.87. The molecule has 0 aliphatic rings. The van der Waals surface area contributed by atoms with E-state index in [0.29, 0.717) is 12.1 Å². The summed E-state index contributed by atoms with van der Waals surface area (Å²) >= 11 is 0. The maximum Gasteiger partial charge on any atom is 0.356 e. The molecule has 0 unspecified atom stereocenters. The minimum Gasteiger partial charge on any atom is -0.506 e. The number of allylic oxidation sites excluding steroid dienone is 1. The van der Waals surface area contributed by atoms with E-state index in [1.165, 1.54) is 7.11 Å². The third kappa shape index (κ3) is 3.45. The molecule has 0 amide bonds. The number of methoxy groups -OCH3 is 1. The summed E-state index contributed by atoms with van der Waals surface area (Å²) in [6.45, 7) is 0. The monoisotopic (exact) mass is 269 g/mol. The summed E-state index contributed by atoms with van der Waals surface area (Å²) < 4.78 is 4.60. The van der Waals surface area contributed by atoms with Crippen LogP contribution in [0.25, 0.3) is 5.76 Å². The highest BCUT2D eigenvalue weighted by Crippen LogP contribution is 2.11. The van der Waals surface area contributed by atoms with Crippen molar-refractivity contribution in [3.63, 3.8) is 0 Å². The van der Waals surface area contributed by atoms with Crippen molar-refractivity contribution >= 4 is 11.7 Å². The van der Waals surface area contributed by atoms with Crippen molar-refractivity contribution in [3.05, 3.63) is 71.6 Å². The van der Waals surface area contributed by atoms with E-state index in [1.807, 2.05) is 30.3 Å². The molecule has 0 radical (unpaired) electrons. The number of esters is 1. The maximum absolute atomic E-state index is 11.4. The molecule has 1 aromatic heterocycles. The van der Waals surface area contributed by atoms with Crippen LogP contribution in [-0.4, -0.2) is 23.2 Å². The van der Waals surface area contributed by atoms with E-state index in [9.17, 15) is 9.90 Å². The Hall–Kier alpha value is -2.62. The van der Waals surface area contributed by atoms with Gasteiger partial charge in [0.05, 0.1) is 7.11 Å². The zero-order valence-electron chi connectivity index (χ0n) is 11.1. The van der Waals surface area contributed by atoms with Gasteiger partial charge in [-0.2, -0.15) is 0 Å². The van der Waals surface area contributed by atoms with Crippen molar-refractivity contribution in [1.29, 1.82) is 0 Å². The van der Waals surface area contributed by atoms with Gasteiger partial charge in [0, 0.05) is 0 Å². The molecule has 1 aromatic carbocycles. The van der Waals surface area contributed by atoms with E-state index in [-0.39, 0.29) is 11.5 Å². The van der Waals surface area contributed by atoms with Crippen molar-refractivity contribution in [2.24, 2.45) is 0 Å². The quantitative estimate of drug-likeness (QED) is 0.684. The molecule has 4 heteroatoms. The van der Waals surface area contributed by atoms with Crippen molar-refractivity contribution in [2.45, 2.75) is 6.42 Å². The highest BCUT2D eigenvalue weighted by atomic mass is 16.5. The number of hydrogen-bond donors (Lipinski definition) is 1. The Labute approximate surface area is 117 Å². The van der Waals surface area contributed by atoms with E-state index >= 15 is 0 Å². The standard InChI is InChI=1S/C16H15NO3/c1-20-16(19)14-9-5-8-13(17-14)15(18)11-10-12-6-3-2-4-7-12/h2-9,11,18H,10H2,1H3/b15-11-. The summed E-state index contributed by atoms with van der Waals surface area (Å²) in [7, 11) is 1.29. The van der Waals surface area contributed by atoms with E-state index < -0.39 is 5.97 Å². The normalized spacial score (nSPS) is 11.2. The number of aromatic nitrogens is 1. The van der Waals surface area contributed by atoms with Crippen LogP contribution < -0.4 is 0 Å². The second-order valence-electron chi connectivity index (χ2n) is 4.18. The molecule has 102 valence electrons. The van der Waals surface area contributed by atoms with Crippen LogP contribution in [0.1, 0.15) is 21.7 Å². The minimum absolute atomic E-state index is 0.0413. The van der Waals surface area contributed by atoms with Gasteiger partial charge in [-0.05, 0) is 30.2 Å². The van der Waals surface area contributed by atoms with Gasteiger partial charge < -0.3 is 9.84 Å². The molecule has 0 aliphatic heterocycles.